The van der Waals surface area contributed by atoms with Crippen molar-refractivity contribution in [2.75, 3.05) is 24.1 Å². The summed E-state index contributed by atoms with van der Waals surface area (Å²) in [6.45, 7) is 4.35. The van der Waals surface area contributed by atoms with Crippen LogP contribution in [-0.4, -0.2) is 41.1 Å². The van der Waals surface area contributed by atoms with Crippen LogP contribution in [0.25, 0.3) is 0 Å². The van der Waals surface area contributed by atoms with Crippen LogP contribution >= 0.6 is 11.3 Å². The van der Waals surface area contributed by atoms with Crippen LogP contribution in [0.3, 0.4) is 0 Å². The molecule has 0 saturated carbocycles. The summed E-state index contributed by atoms with van der Waals surface area (Å²) in [5.41, 5.74) is 5.65. The number of carbonyl (C=O) groups is 1. The highest BCUT2D eigenvalue weighted by Gasteiger charge is 2.35. The Morgan fingerprint density at radius 3 is 2.57 bits per heavy atom. The zero-order valence-electron chi connectivity index (χ0n) is 12.1. The van der Waals surface area contributed by atoms with E-state index in [1.165, 1.54) is 13.8 Å². The lowest BCUT2D eigenvalue weighted by molar-refractivity contribution is -0.143. The summed E-state index contributed by atoms with van der Waals surface area (Å²) in [5.74, 6) is -0.793. The predicted octanol–water partition coefficient (Wildman–Crippen LogP) is 2.96. The van der Waals surface area contributed by atoms with Crippen LogP contribution in [0.4, 0.5) is 24.1 Å². The van der Waals surface area contributed by atoms with Crippen LogP contribution in [0.15, 0.2) is 0 Å². The quantitative estimate of drug-likeness (QED) is 0.844. The topological polar surface area (TPSA) is 71.2 Å². The van der Waals surface area contributed by atoms with Gasteiger partial charge in [0.25, 0.3) is 5.91 Å². The van der Waals surface area contributed by atoms with E-state index in [2.05, 4.69) is 10.3 Å². The van der Waals surface area contributed by atoms with E-state index in [1.807, 2.05) is 6.92 Å². The molecule has 21 heavy (non-hydrogen) atoms. The molecule has 0 aliphatic rings. The first-order chi connectivity index (χ1) is 9.65. The summed E-state index contributed by atoms with van der Waals surface area (Å²) >= 11 is 0.974. The smallest absolute Gasteiger partial charge is 0.382 e. The van der Waals surface area contributed by atoms with Gasteiger partial charge in [0.1, 0.15) is 17.2 Å². The van der Waals surface area contributed by atoms with Crippen LogP contribution in [0, 0.1) is 0 Å². The minimum atomic E-state index is -4.46. The Morgan fingerprint density at radius 2 is 2.10 bits per heavy atom. The SMILES string of the molecule is CCCNc1nc(N)c(C(=O)N(CC(F)(F)F)C(C)C)s1. The minimum Gasteiger partial charge on any atom is -0.382 e. The summed E-state index contributed by atoms with van der Waals surface area (Å²) in [4.78, 5) is 17.0. The van der Waals surface area contributed by atoms with Gasteiger partial charge in [-0.15, -0.1) is 0 Å². The van der Waals surface area contributed by atoms with Crippen LogP contribution in [0.1, 0.15) is 36.9 Å². The van der Waals surface area contributed by atoms with Crippen LogP contribution in [0.2, 0.25) is 0 Å². The average Bonchev–Trinajstić information content (AvgIpc) is 2.72. The second-order valence-corrected chi connectivity index (χ2v) is 5.80. The normalized spacial score (nSPS) is 11.8. The van der Waals surface area contributed by atoms with E-state index in [0.717, 1.165) is 22.7 Å². The zero-order valence-corrected chi connectivity index (χ0v) is 12.9. The van der Waals surface area contributed by atoms with Crippen LogP contribution < -0.4 is 11.1 Å². The number of carbonyl (C=O) groups excluding carboxylic acids is 1. The highest BCUT2D eigenvalue weighted by atomic mass is 32.1. The first-order valence-corrected chi connectivity index (χ1v) is 7.35. The van der Waals surface area contributed by atoms with E-state index in [4.69, 9.17) is 5.73 Å². The van der Waals surface area contributed by atoms with Crippen molar-refractivity contribution < 1.29 is 18.0 Å². The molecule has 3 N–H and O–H groups in total. The van der Waals surface area contributed by atoms with Gasteiger partial charge in [-0.05, 0) is 20.3 Å². The number of thiazole rings is 1. The Kier molecular flexibility index (Phi) is 5.82. The highest BCUT2D eigenvalue weighted by Crippen LogP contribution is 2.28. The number of alkyl halides is 3. The third kappa shape index (κ3) is 5.07. The first kappa shape index (κ1) is 17.5. The molecule has 5 nitrogen and oxygen atoms in total. The Hall–Kier alpha value is -1.51. The van der Waals surface area contributed by atoms with Crippen molar-refractivity contribution in [2.45, 2.75) is 39.4 Å². The van der Waals surface area contributed by atoms with Gasteiger partial charge in [-0.1, -0.05) is 18.3 Å². The molecule has 0 aromatic carbocycles. The molecule has 0 bridgehead atoms. The van der Waals surface area contributed by atoms with Crippen LogP contribution in [0.5, 0.6) is 0 Å². The molecular weight excluding hydrogens is 305 g/mol. The van der Waals surface area contributed by atoms with Gasteiger partial charge < -0.3 is 16.0 Å². The molecule has 1 amide bonds. The molecule has 0 atom stereocenters. The van der Waals surface area contributed by atoms with E-state index in [0.29, 0.717) is 11.7 Å². The molecule has 1 heterocycles. The maximum atomic E-state index is 12.6. The second kappa shape index (κ2) is 6.97. The molecule has 0 unspecified atom stereocenters. The van der Waals surface area contributed by atoms with E-state index < -0.39 is 24.7 Å². The molecule has 0 aliphatic carbocycles. The molecule has 120 valence electrons. The molecule has 0 fully saturated rings. The van der Waals surface area contributed by atoms with Gasteiger partial charge >= 0.3 is 6.18 Å². The molecule has 0 aliphatic heterocycles. The highest BCUT2D eigenvalue weighted by molar-refractivity contribution is 7.18. The lowest BCUT2D eigenvalue weighted by Gasteiger charge is -2.27. The molecule has 1 rings (SSSR count). The van der Waals surface area contributed by atoms with Crippen molar-refractivity contribution in [2.24, 2.45) is 0 Å². The summed E-state index contributed by atoms with van der Waals surface area (Å²) in [6, 6.07) is -0.590. The van der Waals surface area contributed by atoms with Gasteiger partial charge in [0.2, 0.25) is 0 Å². The van der Waals surface area contributed by atoms with E-state index >= 15 is 0 Å². The molecule has 0 spiro atoms. The molecule has 0 saturated heterocycles. The molecular formula is C12H19F3N4OS. The second-order valence-electron chi connectivity index (χ2n) is 4.80. The Morgan fingerprint density at radius 1 is 1.48 bits per heavy atom. The zero-order chi connectivity index (χ0) is 16.2. The van der Waals surface area contributed by atoms with Crippen LogP contribution in [-0.2, 0) is 0 Å². The van der Waals surface area contributed by atoms with E-state index in [1.54, 1.807) is 0 Å². The number of nitrogens with two attached hydrogens (primary N) is 1. The fourth-order valence-electron chi connectivity index (χ4n) is 1.61. The number of rotatable bonds is 6. The number of aromatic nitrogens is 1. The lowest BCUT2D eigenvalue weighted by atomic mass is 10.3. The van der Waals surface area contributed by atoms with Gasteiger partial charge in [-0.3, -0.25) is 4.79 Å². The van der Waals surface area contributed by atoms with Crippen molar-refractivity contribution in [3.8, 4) is 0 Å². The number of anilines is 2. The number of hydrogen-bond donors (Lipinski definition) is 2. The molecule has 1 aromatic rings. The standard InChI is InChI=1S/C12H19F3N4OS/c1-4-5-17-11-18-9(16)8(21-11)10(20)19(7(2)3)6-12(13,14)15/h7H,4-6,16H2,1-3H3,(H,17,18). The fraction of sp³-hybridized carbons (Fsp3) is 0.667. The van der Waals surface area contributed by atoms with Crippen molar-refractivity contribution in [1.29, 1.82) is 0 Å². The Labute approximate surface area is 125 Å². The van der Waals surface area contributed by atoms with E-state index in [-0.39, 0.29) is 10.7 Å². The molecule has 1 aromatic heterocycles. The summed E-state index contributed by atoms with van der Waals surface area (Å²) in [6.07, 6.45) is -3.60. The van der Waals surface area contributed by atoms with Crippen molar-refractivity contribution in [3.63, 3.8) is 0 Å². The fourth-order valence-corrected chi connectivity index (χ4v) is 2.47. The van der Waals surface area contributed by atoms with Gasteiger partial charge in [0.15, 0.2) is 5.13 Å². The van der Waals surface area contributed by atoms with Gasteiger partial charge in [-0.25, -0.2) is 4.98 Å². The largest absolute Gasteiger partial charge is 0.406 e. The number of nitrogens with zero attached hydrogens (tertiary/aromatic N) is 2. The van der Waals surface area contributed by atoms with Gasteiger partial charge in [-0.2, -0.15) is 13.2 Å². The molecule has 9 heteroatoms. The first-order valence-electron chi connectivity index (χ1n) is 6.53. The van der Waals surface area contributed by atoms with Gasteiger partial charge in [0.05, 0.1) is 0 Å². The third-order valence-corrected chi connectivity index (χ3v) is 3.62. The number of amides is 1. The third-order valence-electron chi connectivity index (χ3n) is 2.61. The Bertz CT molecular complexity index is 487. The summed E-state index contributed by atoms with van der Waals surface area (Å²) < 4.78 is 37.7. The summed E-state index contributed by atoms with van der Waals surface area (Å²) in [7, 11) is 0. The van der Waals surface area contributed by atoms with Crippen molar-refractivity contribution >= 4 is 28.2 Å². The van der Waals surface area contributed by atoms with Crippen molar-refractivity contribution in [1.82, 2.24) is 9.88 Å². The number of nitrogens with one attached hydrogen (secondary N) is 1. The minimum absolute atomic E-state index is 0.0338. The van der Waals surface area contributed by atoms with Crippen molar-refractivity contribution in [3.05, 3.63) is 4.88 Å². The molecule has 0 radical (unpaired) electrons. The number of hydrogen-bond acceptors (Lipinski definition) is 5. The monoisotopic (exact) mass is 324 g/mol. The number of nitrogen functional groups attached to an aromatic ring is 1. The maximum Gasteiger partial charge on any atom is 0.406 e. The van der Waals surface area contributed by atoms with E-state index in [9.17, 15) is 18.0 Å². The van der Waals surface area contributed by atoms with Gasteiger partial charge in [0, 0.05) is 12.6 Å². The average molecular weight is 324 g/mol. The predicted molar refractivity (Wildman–Crippen MR) is 77.5 cm³/mol. The maximum absolute atomic E-state index is 12.6. The summed E-state index contributed by atoms with van der Waals surface area (Å²) in [5, 5.41) is 3.40. The number of halogens is 3. The Balaban J connectivity index is 2.96. The lowest BCUT2D eigenvalue weighted by Crippen LogP contribution is -2.43.